The molecule has 1 aromatic rings. The van der Waals surface area contributed by atoms with Crippen LogP contribution in [0.1, 0.15) is 33.6 Å². The number of benzene rings is 1. The molecular formula is C24H27N3O6S. The number of alkyl carbamates (subject to hydrolysis) is 1. The lowest BCUT2D eigenvalue weighted by atomic mass is 9.94. The molecular weight excluding hydrogens is 458 g/mol. The summed E-state index contributed by atoms with van der Waals surface area (Å²) in [7, 11) is 0. The Bertz CT molecular complexity index is 1080. The van der Waals surface area contributed by atoms with Crippen molar-refractivity contribution in [2.45, 2.75) is 56.7 Å². The zero-order valence-corrected chi connectivity index (χ0v) is 20.0. The van der Waals surface area contributed by atoms with Gasteiger partial charge < -0.3 is 25.0 Å². The molecule has 1 aromatic carbocycles. The Kier molecular flexibility index (Phi) is 6.44. The molecule has 180 valence electrons. The minimum absolute atomic E-state index is 0.172. The van der Waals surface area contributed by atoms with Gasteiger partial charge in [0.15, 0.2) is 6.04 Å². The quantitative estimate of drug-likeness (QED) is 0.498. The SMILES string of the molecule is CC(C)(C)OC(=O)N[C@@H]1C(=O)N2[C@H](C(=O)O)C(/C=C3\CCCN(c4ccccc4)C3=O)=CS[C@H]12. The number of carbonyl (C=O) groups excluding carboxylic acids is 3. The summed E-state index contributed by atoms with van der Waals surface area (Å²) in [5.74, 6) is -1.87. The number of β-lactam (4-membered cyclic amide) rings is 1. The fourth-order valence-corrected chi connectivity index (χ4v) is 5.41. The van der Waals surface area contributed by atoms with Crippen molar-refractivity contribution >= 4 is 41.3 Å². The normalized spacial score (nSPS) is 25.9. The van der Waals surface area contributed by atoms with E-state index in [4.69, 9.17) is 4.74 Å². The summed E-state index contributed by atoms with van der Waals surface area (Å²) in [6.45, 7) is 5.73. The van der Waals surface area contributed by atoms with Crippen molar-refractivity contribution in [2.75, 3.05) is 11.4 Å². The first-order valence-electron chi connectivity index (χ1n) is 11.0. The molecule has 0 aliphatic carbocycles. The van der Waals surface area contributed by atoms with Crippen LogP contribution in [0.5, 0.6) is 0 Å². The van der Waals surface area contributed by atoms with E-state index in [1.807, 2.05) is 30.3 Å². The first-order chi connectivity index (χ1) is 16.1. The fourth-order valence-electron chi connectivity index (χ4n) is 4.22. The molecule has 9 nitrogen and oxygen atoms in total. The molecule has 3 amide bonds. The monoisotopic (exact) mass is 485 g/mol. The number of nitrogens with zero attached hydrogens (tertiary/aromatic N) is 2. The molecule has 10 heteroatoms. The second kappa shape index (κ2) is 9.17. The number of anilines is 1. The molecule has 0 aromatic heterocycles. The third kappa shape index (κ3) is 4.68. The molecule has 34 heavy (non-hydrogen) atoms. The highest BCUT2D eigenvalue weighted by Crippen LogP contribution is 2.41. The van der Waals surface area contributed by atoms with E-state index in [0.29, 0.717) is 24.1 Å². The van der Waals surface area contributed by atoms with Crippen LogP contribution in [-0.2, 0) is 19.1 Å². The van der Waals surface area contributed by atoms with E-state index in [-0.39, 0.29) is 5.91 Å². The predicted molar refractivity (Wildman–Crippen MR) is 127 cm³/mol. The van der Waals surface area contributed by atoms with Gasteiger partial charge in [-0.1, -0.05) is 18.2 Å². The van der Waals surface area contributed by atoms with Crippen LogP contribution in [0.2, 0.25) is 0 Å². The maximum absolute atomic E-state index is 13.1. The lowest BCUT2D eigenvalue weighted by Crippen LogP contribution is -2.73. The number of carbonyl (C=O) groups is 4. The Labute approximate surface area is 201 Å². The van der Waals surface area contributed by atoms with Gasteiger partial charge in [-0.15, -0.1) is 11.8 Å². The van der Waals surface area contributed by atoms with E-state index in [9.17, 15) is 24.3 Å². The highest BCUT2D eigenvalue weighted by atomic mass is 32.2. The van der Waals surface area contributed by atoms with E-state index in [1.54, 1.807) is 37.2 Å². The van der Waals surface area contributed by atoms with Crippen molar-refractivity contribution < 1.29 is 29.0 Å². The first-order valence-corrected chi connectivity index (χ1v) is 12.0. The highest BCUT2D eigenvalue weighted by Gasteiger charge is 2.56. The van der Waals surface area contributed by atoms with E-state index < -0.39 is 41.0 Å². The number of carboxylic acids is 1. The molecule has 3 aliphatic rings. The standard InChI is InChI=1S/C24H27N3O6S/c1-24(2,3)33-23(32)25-17-20(29)27-18(22(30)31)15(13-34-21(17)27)12-14-8-7-11-26(19(14)28)16-9-5-4-6-10-16/h4-6,9-10,12-13,17-18,21H,7-8,11H2,1-3H3,(H,25,32)(H,30,31)/b14-12+/t17-,18+,21-/m1/s1. The third-order valence-corrected chi connectivity index (χ3v) is 6.87. The molecule has 3 heterocycles. The Balaban J connectivity index is 1.54. The number of fused-ring (bicyclic) bond motifs is 1. The van der Waals surface area contributed by atoms with Gasteiger partial charge in [0.2, 0.25) is 5.91 Å². The van der Waals surface area contributed by atoms with Crippen LogP contribution >= 0.6 is 11.8 Å². The lowest BCUT2D eigenvalue weighted by molar-refractivity contribution is -0.158. The topological polar surface area (TPSA) is 116 Å². The first kappa shape index (κ1) is 23.9. The molecule has 0 spiro atoms. The Morgan fingerprint density at radius 2 is 1.91 bits per heavy atom. The minimum atomic E-state index is -1.23. The van der Waals surface area contributed by atoms with Gasteiger partial charge in [0.1, 0.15) is 17.0 Å². The van der Waals surface area contributed by atoms with Gasteiger partial charge in [-0.2, -0.15) is 0 Å². The second-order valence-corrected chi connectivity index (χ2v) is 10.3. The number of piperidine rings is 1. The zero-order chi connectivity index (χ0) is 24.6. The number of aliphatic carboxylic acids is 1. The maximum Gasteiger partial charge on any atom is 0.408 e. The van der Waals surface area contributed by atoms with Crippen molar-refractivity contribution in [2.24, 2.45) is 0 Å². The molecule has 4 rings (SSSR count). The van der Waals surface area contributed by atoms with Crippen molar-refractivity contribution in [3.63, 3.8) is 0 Å². The molecule has 0 unspecified atom stereocenters. The third-order valence-electron chi connectivity index (χ3n) is 5.68. The molecule has 3 atom stereocenters. The van der Waals surface area contributed by atoms with Crippen LogP contribution in [-0.4, -0.2) is 63.5 Å². The minimum Gasteiger partial charge on any atom is -0.479 e. The van der Waals surface area contributed by atoms with E-state index in [1.165, 1.54) is 16.7 Å². The molecule has 0 saturated carbocycles. The van der Waals surface area contributed by atoms with E-state index in [0.717, 1.165) is 12.1 Å². The number of nitrogens with one attached hydrogen (secondary N) is 1. The Morgan fingerprint density at radius 3 is 2.56 bits per heavy atom. The van der Waals surface area contributed by atoms with Crippen LogP contribution < -0.4 is 10.2 Å². The summed E-state index contributed by atoms with van der Waals surface area (Å²) in [6, 6.07) is 7.20. The summed E-state index contributed by atoms with van der Waals surface area (Å²) >= 11 is 1.24. The van der Waals surface area contributed by atoms with Crippen LogP contribution in [0.3, 0.4) is 0 Å². The van der Waals surface area contributed by atoms with Crippen molar-refractivity contribution in [3.8, 4) is 0 Å². The Hall–Kier alpha value is -3.27. The van der Waals surface area contributed by atoms with Gasteiger partial charge in [0.05, 0.1) is 0 Å². The number of amides is 3. The average Bonchev–Trinajstić information content (AvgIpc) is 2.77. The smallest absolute Gasteiger partial charge is 0.408 e. The van der Waals surface area contributed by atoms with Crippen LogP contribution in [0.15, 0.2) is 53.0 Å². The number of ether oxygens (including phenoxy) is 1. The van der Waals surface area contributed by atoms with Gasteiger partial charge >= 0.3 is 12.1 Å². The summed E-state index contributed by atoms with van der Waals surface area (Å²) in [6.07, 6.45) is 2.14. The molecule has 2 N–H and O–H groups in total. The van der Waals surface area contributed by atoms with Crippen LogP contribution in [0, 0.1) is 0 Å². The number of hydrogen-bond acceptors (Lipinski definition) is 6. The summed E-state index contributed by atoms with van der Waals surface area (Å²) in [5, 5.41) is 13.6. The molecule has 3 aliphatic heterocycles. The van der Waals surface area contributed by atoms with Gasteiger partial charge in [0.25, 0.3) is 5.91 Å². The fraction of sp³-hybridized carbons (Fsp3) is 0.417. The van der Waals surface area contributed by atoms with Gasteiger partial charge in [0, 0.05) is 17.8 Å². The van der Waals surface area contributed by atoms with E-state index in [2.05, 4.69) is 5.32 Å². The van der Waals surface area contributed by atoms with Crippen LogP contribution in [0.4, 0.5) is 10.5 Å². The van der Waals surface area contributed by atoms with Crippen molar-refractivity contribution in [1.82, 2.24) is 10.2 Å². The maximum atomic E-state index is 13.1. The number of hydrogen-bond donors (Lipinski definition) is 2. The average molecular weight is 486 g/mol. The molecule has 2 fully saturated rings. The molecule has 0 radical (unpaired) electrons. The summed E-state index contributed by atoms with van der Waals surface area (Å²) < 4.78 is 5.21. The van der Waals surface area contributed by atoms with Crippen molar-refractivity contribution in [1.29, 1.82) is 0 Å². The number of para-hydroxylation sites is 1. The van der Waals surface area contributed by atoms with Gasteiger partial charge in [-0.05, 0) is 62.8 Å². The van der Waals surface area contributed by atoms with Gasteiger partial charge in [-0.3, -0.25) is 9.59 Å². The Morgan fingerprint density at radius 1 is 1.21 bits per heavy atom. The predicted octanol–water partition coefficient (Wildman–Crippen LogP) is 2.89. The largest absolute Gasteiger partial charge is 0.479 e. The van der Waals surface area contributed by atoms with E-state index >= 15 is 0 Å². The highest BCUT2D eigenvalue weighted by molar-refractivity contribution is 8.03. The van der Waals surface area contributed by atoms with Crippen LogP contribution in [0.25, 0.3) is 0 Å². The zero-order valence-electron chi connectivity index (χ0n) is 19.2. The lowest BCUT2D eigenvalue weighted by Gasteiger charge is -2.51. The van der Waals surface area contributed by atoms with Gasteiger partial charge in [-0.25, -0.2) is 9.59 Å². The summed E-state index contributed by atoms with van der Waals surface area (Å²) in [5.41, 5.74) is 0.937. The number of carboxylic acid groups (broad SMARTS) is 1. The molecule has 0 bridgehead atoms. The summed E-state index contributed by atoms with van der Waals surface area (Å²) in [4.78, 5) is 53.1. The molecule has 2 saturated heterocycles. The number of thioether (sulfide) groups is 1. The number of rotatable bonds is 4. The second-order valence-electron chi connectivity index (χ2n) is 9.32. The van der Waals surface area contributed by atoms with Crippen molar-refractivity contribution in [3.05, 3.63) is 53.0 Å².